The quantitative estimate of drug-likeness (QED) is 0.452. The first-order valence-corrected chi connectivity index (χ1v) is 11.8. The van der Waals surface area contributed by atoms with Gasteiger partial charge in [-0.15, -0.1) is 0 Å². The molecule has 35 heavy (non-hydrogen) atoms. The van der Waals surface area contributed by atoms with Gasteiger partial charge in [0.05, 0.1) is 5.56 Å². The lowest BCUT2D eigenvalue weighted by molar-refractivity contribution is -0.141. The molecule has 1 aromatic carbocycles. The minimum Gasteiger partial charge on any atom is -0.345 e. The van der Waals surface area contributed by atoms with Crippen LogP contribution in [0.15, 0.2) is 48.7 Å². The summed E-state index contributed by atoms with van der Waals surface area (Å²) < 4.78 is 0. The van der Waals surface area contributed by atoms with Crippen molar-refractivity contribution >= 4 is 23.5 Å². The first-order chi connectivity index (χ1) is 16.4. The Kier molecular flexibility index (Phi) is 9.68. The predicted molar refractivity (Wildman–Crippen MR) is 135 cm³/mol. The van der Waals surface area contributed by atoms with Crippen molar-refractivity contribution in [1.29, 1.82) is 0 Å². The van der Waals surface area contributed by atoms with Crippen molar-refractivity contribution in [3.05, 3.63) is 65.5 Å². The van der Waals surface area contributed by atoms with E-state index in [-0.39, 0.29) is 12.3 Å². The number of Topliss-reactive ketones (excluding diaryl/α,β-unsaturated/α-hetero) is 1. The molecule has 0 bridgehead atoms. The number of hydrogen-bond donors (Lipinski definition) is 3. The molecule has 2 rings (SSSR count). The summed E-state index contributed by atoms with van der Waals surface area (Å²) in [6, 6.07) is 10.5. The number of aromatic nitrogens is 1. The Morgan fingerprint density at radius 3 is 2.11 bits per heavy atom. The second-order valence-electron chi connectivity index (χ2n) is 10.2. The number of hydrogen-bond acceptors (Lipinski definition) is 5. The number of rotatable bonds is 10. The number of pyridine rings is 1. The Bertz CT molecular complexity index is 1030. The molecule has 3 N–H and O–H groups in total. The van der Waals surface area contributed by atoms with Crippen molar-refractivity contribution in [3.8, 4) is 0 Å². The molecule has 8 nitrogen and oxygen atoms in total. The maximum atomic E-state index is 13.3. The first-order valence-electron chi connectivity index (χ1n) is 11.8. The Morgan fingerprint density at radius 1 is 0.914 bits per heavy atom. The van der Waals surface area contributed by atoms with E-state index in [0.29, 0.717) is 12.0 Å². The van der Waals surface area contributed by atoms with E-state index < -0.39 is 41.1 Å². The van der Waals surface area contributed by atoms with Crippen LogP contribution in [0.1, 0.15) is 62.7 Å². The van der Waals surface area contributed by atoms with Gasteiger partial charge >= 0.3 is 0 Å². The number of nitrogens with one attached hydrogen (secondary N) is 3. The summed E-state index contributed by atoms with van der Waals surface area (Å²) >= 11 is 0. The summed E-state index contributed by atoms with van der Waals surface area (Å²) in [4.78, 5) is 55.9. The van der Waals surface area contributed by atoms with Gasteiger partial charge in [-0.05, 0) is 57.7 Å². The van der Waals surface area contributed by atoms with Crippen LogP contribution in [0.4, 0.5) is 0 Å². The fourth-order valence-corrected chi connectivity index (χ4v) is 3.44. The monoisotopic (exact) mass is 480 g/mol. The summed E-state index contributed by atoms with van der Waals surface area (Å²) in [6.45, 7) is 11.0. The lowest BCUT2D eigenvalue weighted by atomic mass is 9.98. The Morgan fingerprint density at radius 2 is 1.57 bits per heavy atom. The SMILES string of the molecule is Cc1ccc(C(=O)NC(CC(C)C)C(=O)NC(Cc2ccccc2)C(=O)C(=O)NC(C)(C)C)cn1. The maximum absolute atomic E-state index is 13.3. The molecule has 2 atom stereocenters. The second-order valence-corrected chi connectivity index (χ2v) is 10.2. The van der Waals surface area contributed by atoms with Crippen LogP contribution in [0.25, 0.3) is 0 Å². The minimum atomic E-state index is -1.08. The maximum Gasteiger partial charge on any atom is 0.290 e. The molecule has 8 heteroatoms. The van der Waals surface area contributed by atoms with Gasteiger partial charge < -0.3 is 16.0 Å². The average Bonchev–Trinajstić information content (AvgIpc) is 2.77. The van der Waals surface area contributed by atoms with Crippen molar-refractivity contribution in [2.45, 2.75) is 72.0 Å². The Balaban J connectivity index is 2.24. The standard InChI is InChI=1S/C27H36N4O4/c1-17(2)14-22(30-24(33)20-13-12-18(3)28-16-20)25(34)29-21(15-19-10-8-7-9-11-19)23(32)26(35)31-27(4,5)6/h7-13,16-17,21-22H,14-15H2,1-6H3,(H,29,34)(H,30,33)(H,31,35). The first kappa shape index (κ1) is 27.7. The van der Waals surface area contributed by atoms with Crippen LogP contribution < -0.4 is 16.0 Å². The van der Waals surface area contributed by atoms with E-state index in [9.17, 15) is 19.2 Å². The van der Waals surface area contributed by atoms with E-state index in [0.717, 1.165) is 11.3 Å². The van der Waals surface area contributed by atoms with E-state index in [1.54, 1.807) is 32.9 Å². The molecule has 0 fully saturated rings. The van der Waals surface area contributed by atoms with Crippen molar-refractivity contribution in [3.63, 3.8) is 0 Å². The molecular weight excluding hydrogens is 444 g/mol. The highest BCUT2D eigenvalue weighted by Crippen LogP contribution is 2.10. The number of carbonyl (C=O) groups is 4. The lowest BCUT2D eigenvalue weighted by Gasteiger charge is -2.25. The molecule has 0 aliphatic rings. The normalized spacial score (nSPS) is 13.0. The topological polar surface area (TPSA) is 117 Å². The zero-order valence-electron chi connectivity index (χ0n) is 21.3. The fraction of sp³-hybridized carbons (Fsp3) is 0.444. The highest BCUT2D eigenvalue weighted by Gasteiger charge is 2.32. The molecule has 2 aromatic rings. The van der Waals surface area contributed by atoms with Crippen molar-refractivity contribution in [2.24, 2.45) is 5.92 Å². The van der Waals surface area contributed by atoms with Gasteiger partial charge in [-0.2, -0.15) is 0 Å². The van der Waals surface area contributed by atoms with Gasteiger partial charge in [-0.25, -0.2) is 0 Å². The summed E-state index contributed by atoms with van der Waals surface area (Å²) in [5.74, 6) is -2.38. The van der Waals surface area contributed by atoms with Crippen molar-refractivity contribution in [2.75, 3.05) is 0 Å². The smallest absolute Gasteiger partial charge is 0.290 e. The molecule has 2 unspecified atom stereocenters. The molecule has 3 amide bonds. The zero-order chi connectivity index (χ0) is 26.2. The lowest BCUT2D eigenvalue weighted by Crippen LogP contribution is -2.56. The third-order valence-corrected chi connectivity index (χ3v) is 5.13. The van der Waals surface area contributed by atoms with Crippen LogP contribution in [0.5, 0.6) is 0 Å². The summed E-state index contributed by atoms with van der Waals surface area (Å²) in [6.07, 6.45) is 1.96. The molecular formula is C27H36N4O4. The summed E-state index contributed by atoms with van der Waals surface area (Å²) in [7, 11) is 0. The Hall–Kier alpha value is -3.55. The van der Waals surface area contributed by atoms with Gasteiger partial charge in [0.15, 0.2) is 0 Å². The van der Waals surface area contributed by atoms with Gasteiger partial charge in [-0.1, -0.05) is 44.2 Å². The van der Waals surface area contributed by atoms with E-state index in [1.165, 1.54) is 6.20 Å². The zero-order valence-corrected chi connectivity index (χ0v) is 21.3. The van der Waals surface area contributed by atoms with Crippen molar-refractivity contribution in [1.82, 2.24) is 20.9 Å². The Labute approximate surface area is 207 Å². The molecule has 0 saturated heterocycles. The van der Waals surface area contributed by atoms with E-state index >= 15 is 0 Å². The van der Waals surface area contributed by atoms with Crippen LogP contribution in [0.2, 0.25) is 0 Å². The highest BCUT2D eigenvalue weighted by molar-refractivity contribution is 6.38. The van der Waals surface area contributed by atoms with Gasteiger partial charge in [0.2, 0.25) is 11.7 Å². The predicted octanol–water partition coefficient (Wildman–Crippen LogP) is 2.75. The molecule has 1 aromatic heterocycles. The van der Waals surface area contributed by atoms with Crippen LogP contribution in [0, 0.1) is 12.8 Å². The molecule has 0 saturated carbocycles. The second kappa shape index (κ2) is 12.2. The third-order valence-electron chi connectivity index (χ3n) is 5.13. The number of ketones is 1. The van der Waals surface area contributed by atoms with Crippen LogP contribution in [-0.2, 0) is 20.8 Å². The number of carbonyl (C=O) groups excluding carboxylic acids is 4. The van der Waals surface area contributed by atoms with Gasteiger partial charge in [0, 0.05) is 23.9 Å². The molecule has 1 heterocycles. The van der Waals surface area contributed by atoms with Gasteiger partial charge in [-0.3, -0.25) is 24.2 Å². The number of nitrogens with zero attached hydrogens (tertiary/aromatic N) is 1. The van der Waals surface area contributed by atoms with Crippen LogP contribution in [-0.4, -0.2) is 46.1 Å². The van der Waals surface area contributed by atoms with Crippen LogP contribution in [0.3, 0.4) is 0 Å². The van der Waals surface area contributed by atoms with Crippen LogP contribution >= 0.6 is 0 Å². The molecule has 188 valence electrons. The third kappa shape index (κ3) is 9.31. The average molecular weight is 481 g/mol. The molecule has 0 radical (unpaired) electrons. The minimum absolute atomic E-state index is 0.0923. The number of benzene rings is 1. The fourth-order valence-electron chi connectivity index (χ4n) is 3.44. The van der Waals surface area contributed by atoms with Crippen molar-refractivity contribution < 1.29 is 19.2 Å². The summed E-state index contributed by atoms with van der Waals surface area (Å²) in [5, 5.41) is 8.14. The van der Waals surface area contributed by atoms with E-state index in [1.807, 2.05) is 51.1 Å². The summed E-state index contributed by atoms with van der Waals surface area (Å²) in [5.41, 5.74) is 1.29. The number of aryl methyl sites for hydroxylation is 1. The van der Waals surface area contributed by atoms with E-state index in [4.69, 9.17) is 0 Å². The molecule has 0 aliphatic heterocycles. The van der Waals surface area contributed by atoms with Gasteiger partial charge in [0.1, 0.15) is 12.1 Å². The van der Waals surface area contributed by atoms with Gasteiger partial charge in [0.25, 0.3) is 11.8 Å². The van der Waals surface area contributed by atoms with E-state index in [2.05, 4.69) is 20.9 Å². The molecule has 0 spiro atoms. The largest absolute Gasteiger partial charge is 0.345 e. The molecule has 0 aliphatic carbocycles. The number of amides is 3. The highest BCUT2D eigenvalue weighted by atomic mass is 16.2.